The maximum atomic E-state index is 11.5. The van der Waals surface area contributed by atoms with Gasteiger partial charge in [-0.15, -0.1) is 0 Å². The van der Waals surface area contributed by atoms with Gasteiger partial charge in [0.25, 0.3) is 0 Å². The lowest BCUT2D eigenvalue weighted by Crippen LogP contribution is -2.10. The average Bonchev–Trinajstić information content (AvgIpc) is 2.20. The van der Waals surface area contributed by atoms with Gasteiger partial charge in [-0.1, -0.05) is 0 Å². The minimum atomic E-state index is -3.01. The molecule has 0 saturated carbocycles. The Balaban J connectivity index is 3.36. The van der Waals surface area contributed by atoms with Crippen LogP contribution in [-0.2, 0) is 14.0 Å². The second kappa shape index (κ2) is 9.31. The summed E-state index contributed by atoms with van der Waals surface area (Å²) in [6, 6.07) is 0. The molecule has 0 radical (unpaired) electrons. The zero-order valence-electron chi connectivity index (χ0n) is 9.35. The highest BCUT2D eigenvalue weighted by atomic mass is 31.2. The zero-order chi connectivity index (χ0) is 11.6. The first kappa shape index (κ1) is 15.1. The van der Waals surface area contributed by atoms with Crippen molar-refractivity contribution >= 4 is 7.37 Å². The summed E-state index contributed by atoms with van der Waals surface area (Å²) < 4.78 is 21.7. The van der Waals surface area contributed by atoms with Crippen LogP contribution < -0.4 is 5.73 Å². The van der Waals surface area contributed by atoms with E-state index >= 15 is 0 Å². The van der Waals surface area contributed by atoms with Crippen LogP contribution in [0.5, 0.6) is 0 Å². The molecule has 0 saturated heterocycles. The van der Waals surface area contributed by atoms with Gasteiger partial charge >= 0.3 is 0 Å². The van der Waals surface area contributed by atoms with Crippen LogP contribution in [-0.4, -0.2) is 50.2 Å². The van der Waals surface area contributed by atoms with E-state index in [1.165, 1.54) is 0 Å². The molecule has 0 bridgehead atoms. The standard InChI is InChI=1S/C9H22NO4P/c1-2-13-5-6-14-7-9-15(11,12)8-3-4-10/h2-10H2,1H3,(H,11,12). The van der Waals surface area contributed by atoms with Crippen LogP contribution in [0.15, 0.2) is 0 Å². The molecule has 0 aromatic carbocycles. The number of ether oxygens (including phenoxy) is 2. The van der Waals surface area contributed by atoms with Gasteiger partial charge in [-0.05, 0) is 19.9 Å². The smallest absolute Gasteiger partial charge is 0.202 e. The molecule has 0 heterocycles. The lowest BCUT2D eigenvalue weighted by molar-refractivity contribution is 0.0585. The molecule has 0 aliphatic carbocycles. The number of hydrogen-bond donors (Lipinski definition) is 2. The zero-order valence-corrected chi connectivity index (χ0v) is 10.2. The third-order valence-electron chi connectivity index (χ3n) is 1.87. The van der Waals surface area contributed by atoms with E-state index in [1.807, 2.05) is 6.92 Å². The van der Waals surface area contributed by atoms with Crippen molar-refractivity contribution in [3.05, 3.63) is 0 Å². The van der Waals surface area contributed by atoms with Crippen molar-refractivity contribution in [3.8, 4) is 0 Å². The van der Waals surface area contributed by atoms with E-state index in [0.717, 1.165) is 0 Å². The summed E-state index contributed by atoms with van der Waals surface area (Å²) in [6.45, 7) is 4.36. The molecule has 0 spiro atoms. The summed E-state index contributed by atoms with van der Waals surface area (Å²) in [5, 5.41) is 0. The fourth-order valence-electron chi connectivity index (χ4n) is 1.02. The molecule has 1 unspecified atom stereocenters. The summed E-state index contributed by atoms with van der Waals surface area (Å²) in [6.07, 6.45) is 1.09. The van der Waals surface area contributed by atoms with Gasteiger partial charge in [0.2, 0.25) is 7.37 Å². The van der Waals surface area contributed by atoms with Crippen molar-refractivity contribution in [3.63, 3.8) is 0 Å². The Hall–Kier alpha value is 0.0700. The fraction of sp³-hybridized carbons (Fsp3) is 1.00. The molecule has 0 aromatic heterocycles. The molecule has 0 rings (SSSR count). The number of nitrogens with two attached hydrogens (primary N) is 1. The SMILES string of the molecule is CCOCCOCCP(=O)(O)CCCN. The van der Waals surface area contributed by atoms with Crippen LogP contribution in [0.4, 0.5) is 0 Å². The van der Waals surface area contributed by atoms with Crippen molar-refractivity contribution in [1.29, 1.82) is 0 Å². The topological polar surface area (TPSA) is 81.8 Å². The molecule has 0 aromatic rings. The molecule has 0 fully saturated rings. The molecule has 92 valence electrons. The van der Waals surface area contributed by atoms with E-state index in [4.69, 9.17) is 15.2 Å². The summed E-state index contributed by atoms with van der Waals surface area (Å²) in [4.78, 5) is 9.44. The summed E-state index contributed by atoms with van der Waals surface area (Å²) in [5.41, 5.74) is 5.27. The molecule has 0 aliphatic heterocycles. The van der Waals surface area contributed by atoms with Crippen molar-refractivity contribution in [1.82, 2.24) is 0 Å². The van der Waals surface area contributed by atoms with Gasteiger partial charge in [0.1, 0.15) is 0 Å². The molecule has 1 atom stereocenters. The Labute approximate surface area is 91.4 Å². The van der Waals surface area contributed by atoms with Gasteiger partial charge < -0.3 is 20.1 Å². The second-order valence-electron chi connectivity index (χ2n) is 3.25. The second-order valence-corrected chi connectivity index (χ2v) is 5.83. The summed E-state index contributed by atoms with van der Waals surface area (Å²) in [5.74, 6) is 0. The Kier molecular flexibility index (Phi) is 9.35. The average molecular weight is 239 g/mol. The lowest BCUT2D eigenvalue weighted by Gasteiger charge is -2.11. The predicted molar refractivity (Wildman–Crippen MR) is 60.5 cm³/mol. The monoisotopic (exact) mass is 239 g/mol. The highest BCUT2D eigenvalue weighted by Gasteiger charge is 2.16. The predicted octanol–water partition coefficient (Wildman–Crippen LogP) is 0.659. The first-order valence-electron chi connectivity index (χ1n) is 5.29. The first-order valence-corrected chi connectivity index (χ1v) is 7.32. The molecule has 6 heteroatoms. The summed E-state index contributed by atoms with van der Waals surface area (Å²) in [7, 11) is -3.01. The third kappa shape index (κ3) is 10.4. The van der Waals surface area contributed by atoms with Crippen LogP contribution in [0.3, 0.4) is 0 Å². The van der Waals surface area contributed by atoms with Crippen LogP contribution in [0, 0.1) is 0 Å². The quantitative estimate of drug-likeness (QED) is 0.432. The number of hydrogen-bond acceptors (Lipinski definition) is 4. The number of rotatable bonds is 10. The van der Waals surface area contributed by atoms with Gasteiger partial charge in [0.05, 0.1) is 19.8 Å². The van der Waals surface area contributed by atoms with E-state index in [0.29, 0.717) is 45.6 Å². The first-order chi connectivity index (χ1) is 7.12. The van der Waals surface area contributed by atoms with Crippen molar-refractivity contribution < 1.29 is 18.9 Å². The van der Waals surface area contributed by atoms with Crippen molar-refractivity contribution in [2.45, 2.75) is 13.3 Å². The largest absolute Gasteiger partial charge is 0.379 e. The van der Waals surface area contributed by atoms with Crippen LogP contribution in [0.25, 0.3) is 0 Å². The van der Waals surface area contributed by atoms with Gasteiger partial charge in [0.15, 0.2) is 0 Å². The van der Waals surface area contributed by atoms with E-state index in [-0.39, 0.29) is 6.16 Å². The maximum Gasteiger partial charge on any atom is 0.202 e. The van der Waals surface area contributed by atoms with Gasteiger partial charge in [0, 0.05) is 18.9 Å². The molecule has 15 heavy (non-hydrogen) atoms. The molecule has 0 aliphatic rings. The molecule has 3 N–H and O–H groups in total. The maximum absolute atomic E-state index is 11.5. The fourth-order valence-corrected chi connectivity index (χ4v) is 2.34. The molecular formula is C9H22NO4P. The van der Waals surface area contributed by atoms with E-state index < -0.39 is 7.37 Å². The molecule has 5 nitrogen and oxygen atoms in total. The Morgan fingerprint density at radius 2 is 1.87 bits per heavy atom. The van der Waals surface area contributed by atoms with E-state index in [9.17, 15) is 9.46 Å². The Morgan fingerprint density at radius 1 is 1.20 bits per heavy atom. The Bertz CT molecular complexity index is 189. The van der Waals surface area contributed by atoms with Crippen LogP contribution >= 0.6 is 7.37 Å². The van der Waals surface area contributed by atoms with E-state index in [1.54, 1.807) is 0 Å². The molecule has 0 amide bonds. The minimum absolute atomic E-state index is 0.207. The normalized spacial score (nSPS) is 15.1. The van der Waals surface area contributed by atoms with Gasteiger partial charge in [-0.2, -0.15) is 0 Å². The van der Waals surface area contributed by atoms with Crippen molar-refractivity contribution in [2.75, 3.05) is 45.3 Å². The van der Waals surface area contributed by atoms with Gasteiger partial charge in [-0.25, -0.2) is 0 Å². The highest BCUT2D eigenvalue weighted by Crippen LogP contribution is 2.40. The summed E-state index contributed by atoms with van der Waals surface area (Å²) >= 11 is 0. The highest BCUT2D eigenvalue weighted by molar-refractivity contribution is 7.58. The lowest BCUT2D eigenvalue weighted by atomic mass is 10.5. The van der Waals surface area contributed by atoms with Crippen LogP contribution in [0.2, 0.25) is 0 Å². The van der Waals surface area contributed by atoms with Crippen LogP contribution in [0.1, 0.15) is 13.3 Å². The molecular weight excluding hydrogens is 217 g/mol. The van der Waals surface area contributed by atoms with Gasteiger partial charge in [-0.3, -0.25) is 4.57 Å². The van der Waals surface area contributed by atoms with Crippen molar-refractivity contribution in [2.24, 2.45) is 5.73 Å². The Morgan fingerprint density at radius 3 is 2.47 bits per heavy atom. The third-order valence-corrected chi connectivity index (χ3v) is 3.77. The minimum Gasteiger partial charge on any atom is -0.379 e. The van der Waals surface area contributed by atoms with E-state index in [2.05, 4.69) is 0 Å².